The van der Waals surface area contributed by atoms with Gasteiger partial charge in [0.25, 0.3) is 4.84 Å². The van der Waals surface area contributed by atoms with Crippen molar-refractivity contribution in [2.75, 3.05) is 24.6 Å². The van der Waals surface area contributed by atoms with Crippen molar-refractivity contribution in [3.8, 4) is 0 Å². The van der Waals surface area contributed by atoms with Gasteiger partial charge in [0.2, 0.25) is 5.89 Å². The second-order valence-corrected chi connectivity index (χ2v) is 8.43. The molecule has 8 heteroatoms. The Hall–Kier alpha value is -0.730. The first-order valence-corrected chi connectivity index (χ1v) is 9.36. The van der Waals surface area contributed by atoms with Gasteiger partial charge in [-0.2, -0.15) is 4.68 Å². The van der Waals surface area contributed by atoms with Gasteiger partial charge in [-0.05, 0) is 24.6 Å². The summed E-state index contributed by atoms with van der Waals surface area (Å²) in [6, 6.07) is 0. The molecule has 1 atom stereocenters. The Labute approximate surface area is 123 Å². The maximum atomic E-state index is 11.5. The molecule has 0 aromatic carbocycles. The minimum atomic E-state index is -2.84. The molecular weight excluding hydrogens is 298 g/mol. The molecule has 2 aliphatic rings. The van der Waals surface area contributed by atoms with Crippen molar-refractivity contribution in [2.45, 2.75) is 32.4 Å². The number of aromatic nitrogens is 2. The zero-order chi connectivity index (χ0) is 14.2. The van der Waals surface area contributed by atoms with Crippen molar-refractivity contribution in [1.82, 2.24) is 9.78 Å². The van der Waals surface area contributed by atoms with Crippen LogP contribution in [0.25, 0.3) is 0 Å². The van der Waals surface area contributed by atoms with Crippen LogP contribution in [0.3, 0.4) is 0 Å². The highest BCUT2D eigenvalue weighted by molar-refractivity contribution is 7.91. The van der Waals surface area contributed by atoms with E-state index in [1.807, 2.05) is 0 Å². The summed E-state index contributed by atoms with van der Waals surface area (Å²) in [5.41, 5.74) is 0. The Morgan fingerprint density at radius 3 is 2.80 bits per heavy atom. The van der Waals surface area contributed by atoms with E-state index in [2.05, 4.69) is 5.10 Å². The highest BCUT2D eigenvalue weighted by Crippen LogP contribution is 2.22. The van der Waals surface area contributed by atoms with Gasteiger partial charge in [0.15, 0.2) is 16.5 Å². The maximum absolute atomic E-state index is 11.5. The molecule has 1 aromatic rings. The third kappa shape index (κ3) is 3.29. The molecule has 1 aromatic heterocycles. The highest BCUT2D eigenvalue weighted by Gasteiger charge is 2.29. The van der Waals surface area contributed by atoms with E-state index in [0.717, 1.165) is 19.8 Å². The van der Waals surface area contributed by atoms with E-state index < -0.39 is 9.84 Å². The average molecular weight is 318 g/mol. The van der Waals surface area contributed by atoms with Crippen LogP contribution in [0.2, 0.25) is 0 Å². The maximum Gasteiger partial charge on any atom is 0.291 e. The van der Waals surface area contributed by atoms with Crippen molar-refractivity contribution in [2.24, 2.45) is 5.92 Å². The molecule has 1 N–H and O–H groups in total. The fourth-order valence-corrected chi connectivity index (χ4v) is 5.12. The topological polar surface area (TPSA) is 69.5 Å². The Morgan fingerprint density at radius 2 is 2.15 bits per heavy atom. The lowest BCUT2D eigenvalue weighted by Crippen LogP contribution is -3.09. The van der Waals surface area contributed by atoms with Crippen molar-refractivity contribution in [3.63, 3.8) is 0 Å². The smallest absolute Gasteiger partial charge is 0.291 e. The molecule has 0 spiro atoms. The number of quaternary nitrogens is 1. The van der Waals surface area contributed by atoms with Gasteiger partial charge in [-0.25, -0.2) is 8.42 Å². The number of likely N-dealkylation sites (tertiary alicyclic amines) is 1. The molecule has 3 rings (SSSR count). The van der Waals surface area contributed by atoms with Crippen LogP contribution < -0.4 is 4.90 Å². The minimum absolute atomic E-state index is 0.126. The van der Waals surface area contributed by atoms with E-state index in [0.29, 0.717) is 23.6 Å². The number of rotatable bonds is 4. The quantitative estimate of drug-likeness (QED) is 0.780. The predicted octanol–water partition coefficient (Wildman–Crippen LogP) is -0.181. The Kier molecular flexibility index (Phi) is 3.96. The second-order valence-electron chi connectivity index (χ2n) is 5.85. The van der Waals surface area contributed by atoms with E-state index >= 15 is 0 Å². The van der Waals surface area contributed by atoms with Crippen LogP contribution >= 0.6 is 12.2 Å². The van der Waals surface area contributed by atoms with Gasteiger partial charge in [-0.3, -0.25) is 0 Å². The molecule has 112 valence electrons. The molecular formula is C12H20N3O3S2+. The lowest BCUT2D eigenvalue weighted by Gasteiger charge is -2.10. The zero-order valence-electron chi connectivity index (χ0n) is 11.4. The van der Waals surface area contributed by atoms with Gasteiger partial charge in [-0.1, -0.05) is 0 Å². The summed E-state index contributed by atoms with van der Waals surface area (Å²) in [4.78, 5) is 1.88. The third-order valence-electron chi connectivity index (χ3n) is 4.12. The Morgan fingerprint density at radius 1 is 1.40 bits per heavy atom. The molecule has 2 aliphatic heterocycles. The first-order valence-electron chi connectivity index (χ1n) is 7.13. The summed E-state index contributed by atoms with van der Waals surface area (Å²) >= 11 is 5.20. The first kappa shape index (κ1) is 14.2. The standard InChI is InChI=1S/C12H19N3O3S2/c16-20(17)6-3-10(8-20)7-11-13-15(12(19)18-11)9-14-4-1-2-5-14/h10H,1-9H2/p+1/t10-/m0/s1. The van der Waals surface area contributed by atoms with Crippen LogP contribution in [0.5, 0.6) is 0 Å². The largest absolute Gasteiger partial charge is 0.414 e. The van der Waals surface area contributed by atoms with Crippen molar-refractivity contribution in [3.05, 3.63) is 10.7 Å². The number of nitrogens with zero attached hydrogens (tertiary/aromatic N) is 2. The van der Waals surface area contributed by atoms with Crippen molar-refractivity contribution < 1.29 is 17.7 Å². The Balaban J connectivity index is 1.64. The molecule has 3 heterocycles. The summed E-state index contributed by atoms with van der Waals surface area (Å²) in [5.74, 6) is 1.24. The van der Waals surface area contributed by atoms with Crippen LogP contribution in [-0.4, -0.2) is 42.8 Å². The lowest BCUT2D eigenvalue weighted by atomic mass is 10.1. The normalized spacial score (nSPS) is 26.3. The van der Waals surface area contributed by atoms with E-state index in [4.69, 9.17) is 16.6 Å². The van der Waals surface area contributed by atoms with E-state index in [-0.39, 0.29) is 17.4 Å². The monoisotopic (exact) mass is 318 g/mol. The lowest BCUT2D eigenvalue weighted by molar-refractivity contribution is -0.911. The summed E-state index contributed by atoms with van der Waals surface area (Å²) in [5, 5.41) is 4.41. The van der Waals surface area contributed by atoms with Gasteiger partial charge in [0.1, 0.15) is 0 Å². The first-order chi connectivity index (χ1) is 9.52. The molecule has 20 heavy (non-hydrogen) atoms. The van der Waals surface area contributed by atoms with Crippen LogP contribution in [0.4, 0.5) is 0 Å². The van der Waals surface area contributed by atoms with Crippen LogP contribution in [0.15, 0.2) is 4.42 Å². The van der Waals surface area contributed by atoms with Crippen molar-refractivity contribution >= 4 is 22.1 Å². The summed E-state index contributed by atoms with van der Waals surface area (Å²) in [6.45, 7) is 3.07. The SMILES string of the molecule is O=S1(=O)CC[C@@H](Cc2nn(C[NH+]3CCCC3)c(=S)o2)C1. The summed E-state index contributed by atoms with van der Waals surface area (Å²) < 4.78 is 30.2. The van der Waals surface area contributed by atoms with Gasteiger partial charge >= 0.3 is 0 Å². The van der Waals surface area contributed by atoms with Gasteiger partial charge in [-0.15, -0.1) is 5.10 Å². The molecule has 0 bridgehead atoms. The van der Waals surface area contributed by atoms with Crippen LogP contribution in [0, 0.1) is 10.8 Å². The Bertz CT molecular complexity index is 629. The molecule has 2 fully saturated rings. The molecule has 0 unspecified atom stereocenters. The molecule has 0 saturated carbocycles. The molecule has 0 amide bonds. The van der Waals surface area contributed by atoms with Crippen LogP contribution in [0.1, 0.15) is 25.2 Å². The third-order valence-corrected chi connectivity index (χ3v) is 6.25. The van der Waals surface area contributed by atoms with E-state index in [1.54, 1.807) is 4.68 Å². The number of sulfone groups is 1. The van der Waals surface area contributed by atoms with Gasteiger partial charge in [0, 0.05) is 19.3 Å². The average Bonchev–Trinajstić information content (AvgIpc) is 3.04. The second kappa shape index (κ2) is 5.57. The molecule has 0 radical (unpaired) electrons. The fourth-order valence-electron chi connectivity index (χ4n) is 3.06. The minimum Gasteiger partial charge on any atom is -0.414 e. The molecule has 2 saturated heterocycles. The van der Waals surface area contributed by atoms with Gasteiger partial charge < -0.3 is 9.32 Å². The summed E-state index contributed by atoms with van der Waals surface area (Å²) in [6.07, 6.45) is 3.79. The number of nitrogens with one attached hydrogen (secondary N) is 1. The van der Waals surface area contributed by atoms with Crippen molar-refractivity contribution in [1.29, 1.82) is 0 Å². The number of hydrogen-bond acceptors (Lipinski definition) is 5. The molecule has 6 nitrogen and oxygen atoms in total. The zero-order valence-corrected chi connectivity index (χ0v) is 13.0. The fraction of sp³-hybridized carbons (Fsp3) is 0.833. The van der Waals surface area contributed by atoms with Crippen LogP contribution in [-0.2, 0) is 22.9 Å². The predicted molar refractivity (Wildman–Crippen MR) is 75.7 cm³/mol. The van der Waals surface area contributed by atoms with Gasteiger partial charge in [0.05, 0.1) is 24.6 Å². The van der Waals surface area contributed by atoms with E-state index in [1.165, 1.54) is 17.7 Å². The summed E-state index contributed by atoms with van der Waals surface area (Å²) in [7, 11) is -2.84. The molecule has 0 aliphatic carbocycles. The highest BCUT2D eigenvalue weighted by atomic mass is 32.2. The van der Waals surface area contributed by atoms with E-state index in [9.17, 15) is 8.42 Å². The number of hydrogen-bond donors (Lipinski definition) is 1.